The molecule has 4 rings (SSSR count). The molecule has 6 nitrogen and oxygen atoms in total. The van der Waals surface area contributed by atoms with Crippen LogP contribution in [-0.4, -0.2) is 44.5 Å². The zero-order chi connectivity index (χ0) is 23.9. The number of nitrogen functional groups attached to an aromatic ring is 1. The molecular formula is C27H35N3O3. The summed E-state index contributed by atoms with van der Waals surface area (Å²) in [6, 6.07) is 25.8. The Kier molecular flexibility index (Phi) is 11.3. The zero-order valence-electron chi connectivity index (χ0n) is 19.6. The lowest BCUT2D eigenvalue weighted by atomic mass is 10.0. The molecule has 0 aliphatic carbocycles. The van der Waals surface area contributed by atoms with Gasteiger partial charge in [-0.05, 0) is 80.1 Å². The van der Waals surface area contributed by atoms with Crippen LogP contribution in [0.5, 0.6) is 17.2 Å². The lowest BCUT2D eigenvalue weighted by molar-refractivity contribution is -0.0979. The molecule has 0 amide bonds. The Labute approximate surface area is 197 Å². The number of carbonyl (C=O) groups excluding carboxylic acids is 1. The van der Waals surface area contributed by atoms with Crippen LogP contribution in [0.3, 0.4) is 0 Å². The van der Waals surface area contributed by atoms with Gasteiger partial charge in [0.15, 0.2) is 0 Å². The minimum absolute atomic E-state index is 0.617. The smallest absolute Gasteiger partial charge is 0.127 e. The lowest BCUT2D eigenvalue weighted by Gasteiger charge is -2.32. The molecule has 1 aliphatic rings. The van der Waals surface area contributed by atoms with Crippen molar-refractivity contribution in [3.63, 3.8) is 0 Å². The molecule has 33 heavy (non-hydrogen) atoms. The van der Waals surface area contributed by atoms with E-state index in [-0.39, 0.29) is 0 Å². The summed E-state index contributed by atoms with van der Waals surface area (Å²) in [6.07, 6.45) is 2.47. The first kappa shape index (κ1) is 25.7. The predicted octanol–water partition coefficient (Wildman–Crippen LogP) is 5.47. The third-order valence-corrected chi connectivity index (χ3v) is 5.35. The second kappa shape index (κ2) is 14.5. The Bertz CT molecular complexity index is 894. The molecule has 1 saturated heterocycles. The number of rotatable bonds is 6. The van der Waals surface area contributed by atoms with Crippen molar-refractivity contribution in [3.05, 3.63) is 78.9 Å². The molecule has 0 saturated carbocycles. The summed E-state index contributed by atoms with van der Waals surface area (Å²) >= 11 is 0. The molecule has 3 aromatic carbocycles. The van der Waals surface area contributed by atoms with Crippen molar-refractivity contribution in [1.82, 2.24) is 4.90 Å². The van der Waals surface area contributed by atoms with Crippen molar-refractivity contribution in [2.45, 2.75) is 25.8 Å². The molecule has 6 heteroatoms. The van der Waals surface area contributed by atoms with E-state index in [1.165, 1.54) is 38.2 Å². The van der Waals surface area contributed by atoms with Gasteiger partial charge in [-0.15, -0.1) is 0 Å². The van der Waals surface area contributed by atoms with Crippen LogP contribution in [-0.2, 0) is 4.79 Å². The van der Waals surface area contributed by atoms with E-state index in [9.17, 15) is 0 Å². The Morgan fingerprint density at radius 3 is 1.97 bits per heavy atom. The first-order valence-corrected chi connectivity index (χ1v) is 11.2. The van der Waals surface area contributed by atoms with Crippen LogP contribution >= 0.6 is 0 Å². The van der Waals surface area contributed by atoms with Gasteiger partial charge in [0.05, 0.1) is 7.11 Å². The van der Waals surface area contributed by atoms with E-state index in [0.717, 1.165) is 22.9 Å². The van der Waals surface area contributed by atoms with Gasteiger partial charge in [0, 0.05) is 30.5 Å². The fourth-order valence-corrected chi connectivity index (χ4v) is 3.48. The van der Waals surface area contributed by atoms with Gasteiger partial charge >= 0.3 is 0 Å². The maximum Gasteiger partial charge on any atom is 0.127 e. The standard InChI is InChI=1S/C14H22N2O.C12H11NO.CH2O/c1-3-16-10-8-13(9-11-16)15-12-4-6-14(17-2)7-5-12;13-10-6-8-12(9-7-10)14-11-4-2-1-3-5-11;1-2/h4-7,13,15H,3,8-11H2,1-2H3;1-9H,13H2;1H2. The molecule has 1 fully saturated rings. The van der Waals surface area contributed by atoms with Gasteiger partial charge in [0.2, 0.25) is 0 Å². The number of nitrogens with one attached hydrogen (secondary N) is 1. The van der Waals surface area contributed by atoms with E-state index in [4.69, 9.17) is 20.0 Å². The largest absolute Gasteiger partial charge is 0.497 e. The zero-order valence-corrected chi connectivity index (χ0v) is 19.6. The fraction of sp³-hybridized carbons (Fsp3) is 0.296. The quantitative estimate of drug-likeness (QED) is 0.486. The van der Waals surface area contributed by atoms with E-state index in [1.54, 1.807) is 7.11 Å². The third-order valence-electron chi connectivity index (χ3n) is 5.35. The lowest BCUT2D eigenvalue weighted by Crippen LogP contribution is -2.38. The van der Waals surface area contributed by atoms with Gasteiger partial charge in [-0.1, -0.05) is 25.1 Å². The Balaban J connectivity index is 0.000000221. The van der Waals surface area contributed by atoms with Gasteiger partial charge in [0.1, 0.15) is 24.0 Å². The van der Waals surface area contributed by atoms with Crippen molar-refractivity contribution in [2.24, 2.45) is 0 Å². The van der Waals surface area contributed by atoms with E-state index in [1.807, 2.05) is 73.5 Å². The van der Waals surface area contributed by atoms with Crippen LogP contribution in [0.25, 0.3) is 0 Å². The SMILES string of the molecule is C=O.CCN1CCC(Nc2ccc(OC)cc2)CC1.Nc1ccc(Oc2ccccc2)cc1. The van der Waals surface area contributed by atoms with Gasteiger partial charge in [-0.2, -0.15) is 0 Å². The van der Waals surface area contributed by atoms with E-state index < -0.39 is 0 Å². The minimum Gasteiger partial charge on any atom is -0.497 e. The summed E-state index contributed by atoms with van der Waals surface area (Å²) in [5.41, 5.74) is 7.50. The number of nitrogens with two attached hydrogens (primary N) is 1. The summed E-state index contributed by atoms with van der Waals surface area (Å²) in [5, 5.41) is 3.59. The summed E-state index contributed by atoms with van der Waals surface area (Å²) < 4.78 is 10.7. The van der Waals surface area contributed by atoms with E-state index in [0.29, 0.717) is 6.04 Å². The van der Waals surface area contributed by atoms with Gasteiger partial charge < -0.3 is 30.2 Å². The summed E-state index contributed by atoms with van der Waals surface area (Å²) in [7, 11) is 1.70. The number of carbonyl (C=O) groups is 1. The topological polar surface area (TPSA) is 76.8 Å². The number of para-hydroxylation sites is 1. The van der Waals surface area contributed by atoms with Crippen molar-refractivity contribution in [1.29, 1.82) is 0 Å². The summed E-state index contributed by atoms with van der Waals surface area (Å²) in [4.78, 5) is 10.5. The number of nitrogens with zero attached hydrogens (tertiary/aromatic N) is 1. The first-order valence-electron chi connectivity index (χ1n) is 11.2. The number of methoxy groups -OCH3 is 1. The van der Waals surface area contributed by atoms with Crippen LogP contribution in [0.4, 0.5) is 11.4 Å². The fourth-order valence-electron chi connectivity index (χ4n) is 3.48. The monoisotopic (exact) mass is 449 g/mol. The molecular weight excluding hydrogens is 414 g/mol. The molecule has 0 spiro atoms. The highest BCUT2D eigenvalue weighted by Gasteiger charge is 2.17. The number of hydrogen-bond donors (Lipinski definition) is 2. The highest BCUT2D eigenvalue weighted by Crippen LogP contribution is 2.21. The predicted molar refractivity (Wildman–Crippen MR) is 136 cm³/mol. The second-order valence-corrected chi connectivity index (χ2v) is 7.57. The van der Waals surface area contributed by atoms with Crippen LogP contribution in [0, 0.1) is 0 Å². The average molecular weight is 450 g/mol. The van der Waals surface area contributed by atoms with Crippen molar-refractivity contribution < 1.29 is 14.3 Å². The van der Waals surface area contributed by atoms with Gasteiger partial charge in [0.25, 0.3) is 0 Å². The number of hydrogen-bond acceptors (Lipinski definition) is 6. The maximum atomic E-state index is 8.00. The van der Waals surface area contributed by atoms with E-state index in [2.05, 4.69) is 29.3 Å². The van der Waals surface area contributed by atoms with Crippen LogP contribution in [0.15, 0.2) is 78.9 Å². The first-order chi connectivity index (χ1) is 16.2. The van der Waals surface area contributed by atoms with Crippen molar-refractivity contribution in [3.8, 4) is 17.2 Å². The molecule has 0 atom stereocenters. The molecule has 176 valence electrons. The Morgan fingerprint density at radius 1 is 0.879 bits per heavy atom. The highest BCUT2D eigenvalue weighted by molar-refractivity contribution is 5.47. The molecule has 0 aromatic heterocycles. The van der Waals surface area contributed by atoms with Crippen molar-refractivity contribution in [2.75, 3.05) is 37.8 Å². The maximum absolute atomic E-state index is 8.00. The van der Waals surface area contributed by atoms with E-state index >= 15 is 0 Å². The molecule has 1 aliphatic heterocycles. The number of ether oxygens (including phenoxy) is 2. The number of anilines is 2. The highest BCUT2D eigenvalue weighted by atomic mass is 16.5. The van der Waals surface area contributed by atoms with Crippen LogP contribution in [0.1, 0.15) is 19.8 Å². The second-order valence-electron chi connectivity index (χ2n) is 7.57. The number of piperidine rings is 1. The average Bonchev–Trinajstić information content (AvgIpc) is 2.89. The molecule has 3 N–H and O–H groups in total. The molecule has 0 radical (unpaired) electrons. The Hall–Kier alpha value is -3.51. The molecule has 1 heterocycles. The van der Waals surface area contributed by atoms with Crippen LogP contribution in [0.2, 0.25) is 0 Å². The normalized spacial score (nSPS) is 13.5. The molecule has 3 aromatic rings. The van der Waals surface area contributed by atoms with Crippen LogP contribution < -0.4 is 20.5 Å². The summed E-state index contributed by atoms with van der Waals surface area (Å²) in [6.45, 7) is 7.83. The van der Waals surface area contributed by atoms with Gasteiger partial charge in [-0.3, -0.25) is 0 Å². The van der Waals surface area contributed by atoms with Gasteiger partial charge in [-0.25, -0.2) is 0 Å². The van der Waals surface area contributed by atoms with Crippen molar-refractivity contribution >= 4 is 18.2 Å². The number of likely N-dealkylation sites (tertiary alicyclic amines) is 1. The molecule has 0 bridgehead atoms. The minimum atomic E-state index is 0.617. The number of benzene rings is 3. The summed E-state index contributed by atoms with van der Waals surface area (Å²) in [5.74, 6) is 2.54. The molecule has 0 unspecified atom stereocenters. The third kappa shape index (κ3) is 9.25. The Morgan fingerprint density at radius 2 is 1.42 bits per heavy atom.